The minimum absolute atomic E-state index is 0.102. The number of hydrogen-bond donors (Lipinski definition) is 1. The van der Waals surface area contributed by atoms with Gasteiger partial charge < -0.3 is 0 Å². The van der Waals surface area contributed by atoms with Gasteiger partial charge in [0, 0.05) is 6.20 Å². The number of aromatic nitrogens is 1. The number of nitrogens with one attached hydrogen (secondary N) is 1. The summed E-state index contributed by atoms with van der Waals surface area (Å²) in [6.45, 7) is 1.68. The molecule has 0 saturated carbocycles. The van der Waals surface area contributed by atoms with Crippen LogP contribution >= 0.6 is 0 Å². The van der Waals surface area contributed by atoms with Crippen LogP contribution in [-0.2, 0) is 10.0 Å². The molecule has 0 saturated heterocycles. The Morgan fingerprint density at radius 1 is 1.21 bits per heavy atom. The maximum atomic E-state index is 13.1. The van der Waals surface area contributed by atoms with E-state index in [-0.39, 0.29) is 4.90 Å². The Labute approximate surface area is 111 Å². The first-order valence-electron chi connectivity index (χ1n) is 5.68. The molecule has 0 aliphatic heterocycles. The molecule has 4 nitrogen and oxygen atoms in total. The van der Waals surface area contributed by atoms with E-state index in [1.807, 2.05) is 0 Å². The average molecular weight is 280 g/mol. The second-order valence-corrected chi connectivity index (χ2v) is 5.77. The molecule has 6 heteroatoms. The van der Waals surface area contributed by atoms with E-state index in [1.54, 1.807) is 31.3 Å². The lowest BCUT2D eigenvalue weighted by Crippen LogP contribution is -2.27. The second-order valence-electron chi connectivity index (χ2n) is 4.05. The Morgan fingerprint density at radius 3 is 2.63 bits per heavy atom. The van der Waals surface area contributed by atoms with Crippen LogP contribution in [0.5, 0.6) is 0 Å². The summed E-state index contributed by atoms with van der Waals surface area (Å²) in [4.78, 5) is 3.97. The van der Waals surface area contributed by atoms with Gasteiger partial charge in [-0.05, 0) is 37.3 Å². The Morgan fingerprint density at radius 2 is 2.00 bits per heavy atom. The van der Waals surface area contributed by atoms with Crippen molar-refractivity contribution in [3.05, 3.63) is 60.2 Å². The lowest BCUT2D eigenvalue weighted by Gasteiger charge is -2.13. The number of rotatable bonds is 4. The zero-order chi connectivity index (χ0) is 13.9. The Balaban J connectivity index is 2.23. The molecule has 0 radical (unpaired) electrons. The summed E-state index contributed by atoms with van der Waals surface area (Å²) in [6.07, 6.45) is 1.59. The van der Waals surface area contributed by atoms with Gasteiger partial charge in [0.05, 0.1) is 16.6 Å². The predicted octanol–water partition coefficient (Wildman–Crippen LogP) is 2.26. The second kappa shape index (κ2) is 5.46. The lowest BCUT2D eigenvalue weighted by molar-refractivity contribution is 0.561. The third-order valence-electron chi connectivity index (χ3n) is 2.57. The van der Waals surface area contributed by atoms with Gasteiger partial charge >= 0.3 is 0 Å². The minimum atomic E-state index is -3.76. The van der Waals surface area contributed by atoms with E-state index in [1.165, 1.54) is 18.2 Å². The highest BCUT2D eigenvalue weighted by Crippen LogP contribution is 2.15. The third-order valence-corrected chi connectivity index (χ3v) is 4.11. The number of nitrogens with zero attached hydrogens (tertiary/aromatic N) is 1. The molecule has 0 aliphatic carbocycles. The van der Waals surface area contributed by atoms with E-state index < -0.39 is 21.9 Å². The van der Waals surface area contributed by atoms with Gasteiger partial charge in [-0.3, -0.25) is 4.98 Å². The molecule has 0 bridgehead atoms. The summed E-state index contributed by atoms with van der Waals surface area (Å²) in [6, 6.07) is 9.63. The fraction of sp³-hybridized carbons (Fsp3) is 0.154. The normalized spacial score (nSPS) is 13.2. The standard InChI is InChI=1S/C13H13FN2O2S/c1-10(13-7-2-3-8-15-13)16-19(17,18)12-6-4-5-11(14)9-12/h2-10,16H,1H3/t10-/m0/s1. The molecule has 0 aliphatic rings. The molecule has 100 valence electrons. The van der Waals surface area contributed by atoms with Gasteiger partial charge in [0.1, 0.15) is 5.82 Å². The Bertz CT molecular complexity index is 659. The van der Waals surface area contributed by atoms with Crippen LogP contribution in [0.3, 0.4) is 0 Å². The van der Waals surface area contributed by atoms with Crippen molar-refractivity contribution in [3.8, 4) is 0 Å². The molecule has 1 atom stereocenters. The van der Waals surface area contributed by atoms with Gasteiger partial charge in [-0.15, -0.1) is 0 Å². The van der Waals surface area contributed by atoms with Crippen LogP contribution in [0.15, 0.2) is 53.6 Å². The number of pyridine rings is 1. The van der Waals surface area contributed by atoms with Gasteiger partial charge in [-0.2, -0.15) is 0 Å². The maximum absolute atomic E-state index is 13.1. The average Bonchev–Trinajstić information content (AvgIpc) is 2.39. The first kappa shape index (κ1) is 13.6. The molecule has 0 unspecified atom stereocenters. The SMILES string of the molecule is C[C@H](NS(=O)(=O)c1cccc(F)c1)c1ccccn1. The number of halogens is 1. The van der Waals surface area contributed by atoms with Crippen molar-refractivity contribution in [2.75, 3.05) is 0 Å². The largest absolute Gasteiger partial charge is 0.260 e. The zero-order valence-electron chi connectivity index (χ0n) is 10.2. The molecule has 1 N–H and O–H groups in total. The molecule has 1 heterocycles. The number of hydrogen-bond acceptors (Lipinski definition) is 3. The van der Waals surface area contributed by atoms with Crippen LogP contribution in [0.25, 0.3) is 0 Å². The van der Waals surface area contributed by atoms with Crippen LogP contribution in [-0.4, -0.2) is 13.4 Å². The van der Waals surface area contributed by atoms with Gasteiger partial charge in [0.25, 0.3) is 0 Å². The monoisotopic (exact) mass is 280 g/mol. The van der Waals surface area contributed by atoms with Gasteiger partial charge in [0.15, 0.2) is 0 Å². The van der Waals surface area contributed by atoms with Crippen molar-refractivity contribution >= 4 is 10.0 Å². The first-order valence-corrected chi connectivity index (χ1v) is 7.16. The zero-order valence-corrected chi connectivity index (χ0v) is 11.1. The number of sulfonamides is 1. The highest BCUT2D eigenvalue weighted by atomic mass is 32.2. The highest BCUT2D eigenvalue weighted by molar-refractivity contribution is 7.89. The smallest absolute Gasteiger partial charge is 0.241 e. The van der Waals surface area contributed by atoms with Crippen molar-refractivity contribution in [2.45, 2.75) is 17.9 Å². The molecule has 19 heavy (non-hydrogen) atoms. The predicted molar refractivity (Wildman–Crippen MR) is 69.4 cm³/mol. The summed E-state index contributed by atoms with van der Waals surface area (Å²) in [5.74, 6) is -0.589. The van der Waals surface area contributed by atoms with Crippen molar-refractivity contribution in [3.63, 3.8) is 0 Å². The van der Waals surface area contributed by atoms with Gasteiger partial charge in [0.2, 0.25) is 10.0 Å². The molecule has 2 aromatic rings. The summed E-state index contributed by atoms with van der Waals surface area (Å²) in [7, 11) is -3.76. The van der Waals surface area contributed by atoms with Crippen LogP contribution in [0.4, 0.5) is 4.39 Å². The third kappa shape index (κ3) is 3.36. The quantitative estimate of drug-likeness (QED) is 0.934. The minimum Gasteiger partial charge on any atom is -0.260 e. The fourth-order valence-corrected chi connectivity index (χ4v) is 2.88. The molecule has 0 amide bonds. The molecule has 0 fully saturated rings. The first-order chi connectivity index (χ1) is 8.99. The Hall–Kier alpha value is -1.79. The van der Waals surface area contributed by atoms with E-state index in [0.29, 0.717) is 5.69 Å². The molecular weight excluding hydrogens is 267 g/mol. The van der Waals surface area contributed by atoms with Crippen molar-refractivity contribution in [1.29, 1.82) is 0 Å². The van der Waals surface area contributed by atoms with E-state index in [4.69, 9.17) is 0 Å². The van der Waals surface area contributed by atoms with Gasteiger partial charge in [-0.1, -0.05) is 12.1 Å². The Kier molecular flexibility index (Phi) is 3.92. The number of benzene rings is 1. The van der Waals surface area contributed by atoms with Crippen molar-refractivity contribution < 1.29 is 12.8 Å². The van der Waals surface area contributed by atoms with E-state index in [9.17, 15) is 12.8 Å². The summed E-state index contributed by atoms with van der Waals surface area (Å²) in [5, 5.41) is 0. The van der Waals surface area contributed by atoms with Crippen LogP contribution in [0, 0.1) is 5.82 Å². The summed E-state index contributed by atoms with van der Waals surface area (Å²) in [5.41, 5.74) is 0.600. The highest BCUT2D eigenvalue weighted by Gasteiger charge is 2.19. The summed E-state index contributed by atoms with van der Waals surface area (Å²) < 4.78 is 39.6. The van der Waals surface area contributed by atoms with E-state index in [2.05, 4.69) is 9.71 Å². The molecule has 2 rings (SSSR count). The van der Waals surface area contributed by atoms with E-state index >= 15 is 0 Å². The topological polar surface area (TPSA) is 59.1 Å². The van der Waals surface area contributed by atoms with Crippen molar-refractivity contribution in [2.24, 2.45) is 0 Å². The van der Waals surface area contributed by atoms with E-state index in [0.717, 1.165) is 6.07 Å². The maximum Gasteiger partial charge on any atom is 0.241 e. The fourth-order valence-electron chi connectivity index (χ4n) is 1.63. The van der Waals surface area contributed by atoms with Crippen LogP contribution < -0.4 is 4.72 Å². The molecule has 1 aromatic heterocycles. The molecule has 0 spiro atoms. The van der Waals surface area contributed by atoms with Gasteiger partial charge in [-0.25, -0.2) is 17.5 Å². The van der Waals surface area contributed by atoms with Crippen LogP contribution in [0.1, 0.15) is 18.7 Å². The lowest BCUT2D eigenvalue weighted by atomic mass is 10.2. The molecule has 1 aromatic carbocycles. The van der Waals surface area contributed by atoms with Crippen molar-refractivity contribution in [1.82, 2.24) is 9.71 Å². The molecular formula is C13H13FN2O2S. The van der Waals surface area contributed by atoms with Crippen LogP contribution in [0.2, 0.25) is 0 Å². The summed E-state index contributed by atoms with van der Waals surface area (Å²) >= 11 is 0.